The highest BCUT2D eigenvalue weighted by Crippen LogP contribution is 2.17. The van der Waals surface area contributed by atoms with Gasteiger partial charge in [0, 0.05) is 22.8 Å². The van der Waals surface area contributed by atoms with E-state index in [0.29, 0.717) is 17.8 Å². The van der Waals surface area contributed by atoms with E-state index in [9.17, 15) is 4.79 Å². The molecular formula is C15H16BrN3O. The van der Waals surface area contributed by atoms with E-state index in [1.807, 2.05) is 31.2 Å². The van der Waals surface area contributed by atoms with Crippen molar-refractivity contribution in [2.24, 2.45) is 5.73 Å². The Hall–Kier alpha value is -1.72. The summed E-state index contributed by atoms with van der Waals surface area (Å²) < 4.78 is 1.02. The van der Waals surface area contributed by atoms with Gasteiger partial charge in [0.2, 0.25) is 0 Å². The fourth-order valence-corrected chi connectivity index (χ4v) is 2.11. The van der Waals surface area contributed by atoms with E-state index in [1.165, 1.54) is 0 Å². The molecule has 1 aromatic carbocycles. The molecule has 1 heterocycles. The van der Waals surface area contributed by atoms with Gasteiger partial charge >= 0.3 is 0 Å². The molecule has 0 saturated heterocycles. The second-order valence-electron chi connectivity index (χ2n) is 4.49. The van der Waals surface area contributed by atoms with Crippen molar-refractivity contribution in [1.29, 1.82) is 0 Å². The normalized spacial score (nSPS) is 11.9. The summed E-state index contributed by atoms with van der Waals surface area (Å²) in [4.78, 5) is 16.3. The van der Waals surface area contributed by atoms with Crippen LogP contribution in [0, 0.1) is 0 Å². The molecule has 0 aliphatic rings. The number of nitrogens with two attached hydrogens (primary N) is 1. The van der Waals surface area contributed by atoms with E-state index in [0.717, 1.165) is 10.0 Å². The number of halogens is 1. The van der Waals surface area contributed by atoms with Crippen LogP contribution < -0.4 is 11.1 Å². The van der Waals surface area contributed by atoms with Crippen LogP contribution in [-0.2, 0) is 6.54 Å². The van der Waals surface area contributed by atoms with Gasteiger partial charge < -0.3 is 11.1 Å². The van der Waals surface area contributed by atoms with Crippen LogP contribution in [0.4, 0.5) is 0 Å². The summed E-state index contributed by atoms with van der Waals surface area (Å²) in [7, 11) is 0. The van der Waals surface area contributed by atoms with E-state index in [2.05, 4.69) is 26.2 Å². The van der Waals surface area contributed by atoms with Crippen LogP contribution in [0.25, 0.3) is 0 Å². The van der Waals surface area contributed by atoms with Crippen molar-refractivity contribution in [3.8, 4) is 0 Å². The quantitative estimate of drug-likeness (QED) is 0.903. The molecule has 2 aromatic rings. The molecule has 2 rings (SSSR count). The van der Waals surface area contributed by atoms with Gasteiger partial charge in [0.1, 0.15) is 0 Å². The molecule has 20 heavy (non-hydrogen) atoms. The van der Waals surface area contributed by atoms with Crippen molar-refractivity contribution in [3.63, 3.8) is 0 Å². The summed E-state index contributed by atoms with van der Waals surface area (Å²) in [6, 6.07) is 11.2. The summed E-state index contributed by atoms with van der Waals surface area (Å²) in [5, 5.41) is 2.96. The number of pyridine rings is 1. The molecule has 1 aromatic heterocycles. The molecule has 4 nitrogen and oxygen atoms in total. The summed E-state index contributed by atoms with van der Waals surface area (Å²) in [5.74, 6) is -0.127. The number of nitrogens with zero attached hydrogens (tertiary/aromatic N) is 1. The first-order valence-corrected chi connectivity index (χ1v) is 7.11. The van der Waals surface area contributed by atoms with Crippen molar-refractivity contribution >= 4 is 21.8 Å². The molecule has 0 bridgehead atoms. The van der Waals surface area contributed by atoms with Crippen LogP contribution in [0.15, 0.2) is 47.1 Å². The van der Waals surface area contributed by atoms with Gasteiger partial charge in [0.15, 0.2) is 0 Å². The average Bonchev–Trinajstić information content (AvgIpc) is 2.47. The molecule has 0 radical (unpaired) electrons. The third-order valence-corrected chi connectivity index (χ3v) is 3.53. The SMILES string of the molecule is CC(NC(=O)c1ccnc(CN)c1)c1ccc(Br)cc1. The first kappa shape index (κ1) is 14.7. The Morgan fingerprint density at radius 3 is 2.70 bits per heavy atom. The maximum absolute atomic E-state index is 12.2. The number of rotatable bonds is 4. The van der Waals surface area contributed by atoms with Crippen LogP contribution >= 0.6 is 15.9 Å². The molecule has 0 fully saturated rings. The Bertz CT molecular complexity index is 598. The first-order chi connectivity index (χ1) is 9.60. The van der Waals surface area contributed by atoms with Crippen molar-refractivity contribution in [3.05, 3.63) is 63.9 Å². The second kappa shape index (κ2) is 6.63. The molecule has 3 N–H and O–H groups in total. The van der Waals surface area contributed by atoms with E-state index in [-0.39, 0.29) is 11.9 Å². The van der Waals surface area contributed by atoms with Gasteiger partial charge in [-0.15, -0.1) is 0 Å². The Labute approximate surface area is 126 Å². The molecular weight excluding hydrogens is 318 g/mol. The fraction of sp³-hybridized carbons (Fsp3) is 0.200. The minimum atomic E-state index is -0.127. The molecule has 0 saturated carbocycles. The first-order valence-electron chi connectivity index (χ1n) is 6.31. The lowest BCUT2D eigenvalue weighted by Gasteiger charge is -2.14. The zero-order chi connectivity index (χ0) is 14.5. The number of carbonyl (C=O) groups excluding carboxylic acids is 1. The van der Waals surface area contributed by atoms with Crippen molar-refractivity contribution < 1.29 is 4.79 Å². The molecule has 5 heteroatoms. The summed E-state index contributed by atoms with van der Waals surface area (Å²) in [6.45, 7) is 2.27. The lowest BCUT2D eigenvalue weighted by molar-refractivity contribution is 0.0939. The van der Waals surface area contributed by atoms with Gasteiger partial charge in [-0.1, -0.05) is 28.1 Å². The Morgan fingerprint density at radius 2 is 2.05 bits per heavy atom. The Kier molecular flexibility index (Phi) is 4.87. The highest BCUT2D eigenvalue weighted by molar-refractivity contribution is 9.10. The van der Waals surface area contributed by atoms with Crippen molar-refractivity contribution in [2.75, 3.05) is 0 Å². The number of carbonyl (C=O) groups is 1. The number of aromatic nitrogens is 1. The number of nitrogens with one attached hydrogen (secondary N) is 1. The molecule has 0 aliphatic heterocycles. The van der Waals surface area contributed by atoms with Crippen LogP contribution in [0.5, 0.6) is 0 Å². The topological polar surface area (TPSA) is 68.0 Å². The number of hydrogen-bond donors (Lipinski definition) is 2. The highest BCUT2D eigenvalue weighted by atomic mass is 79.9. The summed E-state index contributed by atoms with van der Waals surface area (Å²) in [6.07, 6.45) is 1.60. The molecule has 1 unspecified atom stereocenters. The zero-order valence-electron chi connectivity index (χ0n) is 11.1. The average molecular weight is 334 g/mol. The van der Waals surface area contributed by atoms with Crippen molar-refractivity contribution in [1.82, 2.24) is 10.3 Å². The van der Waals surface area contributed by atoms with Gasteiger partial charge in [-0.25, -0.2) is 0 Å². The van der Waals surface area contributed by atoms with Gasteiger partial charge in [-0.05, 0) is 36.8 Å². The minimum Gasteiger partial charge on any atom is -0.346 e. The fourth-order valence-electron chi connectivity index (χ4n) is 1.85. The van der Waals surface area contributed by atoms with Crippen molar-refractivity contribution in [2.45, 2.75) is 19.5 Å². The van der Waals surface area contributed by atoms with Gasteiger partial charge in [-0.2, -0.15) is 0 Å². The maximum atomic E-state index is 12.2. The molecule has 104 valence electrons. The van der Waals surface area contributed by atoms with Gasteiger partial charge in [-0.3, -0.25) is 9.78 Å². The minimum absolute atomic E-state index is 0.0647. The van der Waals surface area contributed by atoms with Crippen LogP contribution in [0.3, 0.4) is 0 Å². The number of benzene rings is 1. The van der Waals surface area contributed by atoms with Crippen LogP contribution in [0.2, 0.25) is 0 Å². The molecule has 0 spiro atoms. The number of amides is 1. The van der Waals surface area contributed by atoms with E-state index in [4.69, 9.17) is 5.73 Å². The molecule has 1 atom stereocenters. The molecule has 1 amide bonds. The van der Waals surface area contributed by atoms with E-state index in [1.54, 1.807) is 18.3 Å². The van der Waals surface area contributed by atoms with E-state index >= 15 is 0 Å². The molecule has 0 aliphatic carbocycles. The zero-order valence-corrected chi connectivity index (χ0v) is 12.7. The third-order valence-electron chi connectivity index (χ3n) is 3.01. The van der Waals surface area contributed by atoms with Crippen LogP contribution in [-0.4, -0.2) is 10.9 Å². The smallest absolute Gasteiger partial charge is 0.251 e. The van der Waals surface area contributed by atoms with E-state index < -0.39 is 0 Å². The predicted molar refractivity (Wildman–Crippen MR) is 82.2 cm³/mol. The lowest BCUT2D eigenvalue weighted by Crippen LogP contribution is -2.26. The number of hydrogen-bond acceptors (Lipinski definition) is 3. The Balaban J connectivity index is 2.08. The van der Waals surface area contributed by atoms with Gasteiger partial charge in [0.25, 0.3) is 5.91 Å². The largest absolute Gasteiger partial charge is 0.346 e. The maximum Gasteiger partial charge on any atom is 0.251 e. The predicted octanol–water partition coefficient (Wildman–Crippen LogP) is 2.79. The van der Waals surface area contributed by atoms with Gasteiger partial charge in [0.05, 0.1) is 11.7 Å². The Morgan fingerprint density at radius 1 is 1.35 bits per heavy atom. The van der Waals surface area contributed by atoms with Crippen LogP contribution in [0.1, 0.15) is 34.6 Å². The third kappa shape index (κ3) is 3.65. The monoisotopic (exact) mass is 333 g/mol. The lowest BCUT2D eigenvalue weighted by atomic mass is 10.1. The second-order valence-corrected chi connectivity index (χ2v) is 5.40. The summed E-state index contributed by atoms with van der Waals surface area (Å²) in [5.41, 5.74) is 7.85. The summed E-state index contributed by atoms with van der Waals surface area (Å²) >= 11 is 3.39. The highest BCUT2D eigenvalue weighted by Gasteiger charge is 2.11. The standard InChI is InChI=1S/C15H16BrN3O/c1-10(11-2-4-13(16)5-3-11)19-15(20)12-6-7-18-14(8-12)9-17/h2-8,10H,9,17H2,1H3,(H,19,20).